The van der Waals surface area contributed by atoms with Crippen molar-refractivity contribution in [1.29, 1.82) is 0 Å². The van der Waals surface area contributed by atoms with Crippen LogP contribution in [0.15, 0.2) is 24.3 Å². The summed E-state index contributed by atoms with van der Waals surface area (Å²) < 4.78 is 5.29. The molecule has 0 aromatic heterocycles. The minimum Gasteiger partial charge on any atom is -0.497 e. The SMILES string of the molecule is CC[C@@H](C)[NH+]1CC[NH+](Cc2cccc(OC)c2)CC1. The van der Waals surface area contributed by atoms with Crippen molar-refractivity contribution in [3.63, 3.8) is 0 Å². The van der Waals surface area contributed by atoms with Gasteiger partial charge in [-0.2, -0.15) is 0 Å². The smallest absolute Gasteiger partial charge is 0.127 e. The summed E-state index contributed by atoms with van der Waals surface area (Å²) in [5.41, 5.74) is 1.39. The van der Waals surface area contributed by atoms with Crippen molar-refractivity contribution in [3.8, 4) is 5.75 Å². The average Bonchev–Trinajstić information content (AvgIpc) is 2.47. The van der Waals surface area contributed by atoms with Gasteiger partial charge in [-0.3, -0.25) is 0 Å². The summed E-state index contributed by atoms with van der Waals surface area (Å²) in [5.74, 6) is 0.973. The Labute approximate surface area is 117 Å². The monoisotopic (exact) mass is 264 g/mol. The van der Waals surface area contributed by atoms with Gasteiger partial charge in [0.15, 0.2) is 0 Å². The number of piperazine rings is 1. The Balaban J connectivity index is 1.85. The molecule has 19 heavy (non-hydrogen) atoms. The van der Waals surface area contributed by atoms with E-state index in [0.29, 0.717) is 0 Å². The number of rotatable bonds is 5. The Morgan fingerprint density at radius 3 is 2.58 bits per heavy atom. The second-order valence-corrected chi connectivity index (χ2v) is 5.75. The lowest BCUT2D eigenvalue weighted by molar-refractivity contribution is -1.03. The van der Waals surface area contributed by atoms with Crippen molar-refractivity contribution in [2.24, 2.45) is 0 Å². The van der Waals surface area contributed by atoms with E-state index in [-0.39, 0.29) is 0 Å². The van der Waals surface area contributed by atoms with Crippen LogP contribution in [0, 0.1) is 0 Å². The normalized spacial score (nSPS) is 25.0. The summed E-state index contributed by atoms with van der Waals surface area (Å²) in [6.07, 6.45) is 1.29. The van der Waals surface area contributed by atoms with E-state index >= 15 is 0 Å². The number of ether oxygens (including phenoxy) is 1. The van der Waals surface area contributed by atoms with E-state index in [1.54, 1.807) is 16.9 Å². The first-order valence-electron chi connectivity index (χ1n) is 7.54. The Morgan fingerprint density at radius 2 is 1.95 bits per heavy atom. The maximum atomic E-state index is 5.29. The molecule has 1 aromatic carbocycles. The van der Waals surface area contributed by atoms with E-state index in [0.717, 1.165) is 18.3 Å². The lowest BCUT2D eigenvalue weighted by atomic mass is 10.1. The molecule has 0 unspecified atom stereocenters. The van der Waals surface area contributed by atoms with Gasteiger partial charge in [-0.05, 0) is 25.5 Å². The van der Waals surface area contributed by atoms with Gasteiger partial charge in [-0.15, -0.1) is 0 Å². The van der Waals surface area contributed by atoms with Crippen LogP contribution < -0.4 is 14.5 Å². The van der Waals surface area contributed by atoms with Gasteiger partial charge in [0, 0.05) is 5.56 Å². The summed E-state index contributed by atoms with van der Waals surface area (Å²) in [5, 5.41) is 0. The molecule has 1 heterocycles. The van der Waals surface area contributed by atoms with Gasteiger partial charge < -0.3 is 14.5 Å². The fourth-order valence-corrected chi connectivity index (χ4v) is 2.95. The summed E-state index contributed by atoms with van der Waals surface area (Å²) in [4.78, 5) is 3.50. The molecular formula is C16H28N2O+2. The van der Waals surface area contributed by atoms with E-state index < -0.39 is 0 Å². The number of benzene rings is 1. The molecule has 1 atom stereocenters. The topological polar surface area (TPSA) is 18.1 Å². The molecule has 0 radical (unpaired) electrons. The highest BCUT2D eigenvalue weighted by Gasteiger charge is 2.25. The molecule has 2 N–H and O–H groups in total. The predicted molar refractivity (Wildman–Crippen MR) is 77.8 cm³/mol. The lowest BCUT2D eigenvalue weighted by Gasteiger charge is -2.33. The third-order valence-corrected chi connectivity index (χ3v) is 4.50. The van der Waals surface area contributed by atoms with Crippen LogP contribution >= 0.6 is 0 Å². The number of methoxy groups -OCH3 is 1. The second kappa shape index (κ2) is 6.92. The fraction of sp³-hybridized carbons (Fsp3) is 0.625. The maximum Gasteiger partial charge on any atom is 0.127 e. The van der Waals surface area contributed by atoms with Gasteiger partial charge >= 0.3 is 0 Å². The number of hydrogen-bond acceptors (Lipinski definition) is 1. The van der Waals surface area contributed by atoms with Crippen LogP contribution in [0.2, 0.25) is 0 Å². The highest BCUT2D eigenvalue weighted by Crippen LogP contribution is 2.11. The Hall–Kier alpha value is -1.06. The molecule has 2 rings (SSSR count). The molecule has 0 amide bonds. The van der Waals surface area contributed by atoms with Crippen LogP contribution in [0.5, 0.6) is 5.75 Å². The maximum absolute atomic E-state index is 5.29. The summed E-state index contributed by atoms with van der Waals surface area (Å²) in [6, 6.07) is 9.31. The van der Waals surface area contributed by atoms with Gasteiger partial charge in [-0.1, -0.05) is 19.1 Å². The molecule has 3 nitrogen and oxygen atoms in total. The zero-order chi connectivity index (χ0) is 13.7. The molecule has 0 bridgehead atoms. The van der Waals surface area contributed by atoms with Crippen LogP contribution in [0.1, 0.15) is 25.8 Å². The van der Waals surface area contributed by atoms with Gasteiger partial charge in [0.1, 0.15) is 38.5 Å². The zero-order valence-corrected chi connectivity index (χ0v) is 12.5. The molecule has 106 valence electrons. The van der Waals surface area contributed by atoms with E-state index in [1.165, 1.54) is 38.2 Å². The van der Waals surface area contributed by atoms with Gasteiger partial charge in [0.05, 0.1) is 13.2 Å². The molecule has 1 saturated heterocycles. The Morgan fingerprint density at radius 1 is 1.21 bits per heavy atom. The first-order valence-corrected chi connectivity index (χ1v) is 7.54. The quantitative estimate of drug-likeness (QED) is 0.752. The lowest BCUT2D eigenvalue weighted by Crippen LogP contribution is -3.29. The van der Waals surface area contributed by atoms with Crippen molar-refractivity contribution in [2.45, 2.75) is 32.9 Å². The molecule has 0 spiro atoms. The summed E-state index contributed by atoms with van der Waals surface area (Å²) >= 11 is 0. The van der Waals surface area contributed by atoms with Crippen LogP contribution in [0.4, 0.5) is 0 Å². The van der Waals surface area contributed by atoms with E-state index in [2.05, 4.69) is 32.0 Å². The van der Waals surface area contributed by atoms with Crippen LogP contribution in [-0.2, 0) is 6.54 Å². The van der Waals surface area contributed by atoms with Crippen molar-refractivity contribution in [2.75, 3.05) is 33.3 Å². The van der Waals surface area contributed by atoms with Crippen molar-refractivity contribution >= 4 is 0 Å². The number of nitrogens with one attached hydrogen (secondary N) is 2. The Kier molecular flexibility index (Phi) is 5.23. The minimum absolute atomic E-state index is 0.818. The first kappa shape index (κ1) is 14.4. The average molecular weight is 264 g/mol. The predicted octanol–water partition coefficient (Wildman–Crippen LogP) is -0.223. The summed E-state index contributed by atoms with van der Waals surface area (Å²) in [6.45, 7) is 11.0. The van der Waals surface area contributed by atoms with Crippen LogP contribution in [0.3, 0.4) is 0 Å². The highest BCUT2D eigenvalue weighted by molar-refractivity contribution is 5.27. The van der Waals surface area contributed by atoms with Gasteiger partial charge in [0.2, 0.25) is 0 Å². The molecule has 1 fully saturated rings. The Bertz CT molecular complexity index is 386. The van der Waals surface area contributed by atoms with E-state index in [9.17, 15) is 0 Å². The van der Waals surface area contributed by atoms with Crippen LogP contribution in [-0.4, -0.2) is 39.3 Å². The highest BCUT2D eigenvalue weighted by atomic mass is 16.5. The zero-order valence-electron chi connectivity index (χ0n) is 12.5. The van der Waals surface area contributed by atoms with Crippen molar-refractivity contribution < 1.29 is 14.5 Å². The number of hydrogen-bond donors (Lipinski definition) is 2. The van der Waals surface area contributed by atoms with E-state index in [1.807, 2.05) is 6.07 Å². The largest absolute Gasteiger partial charge is 0.497 e. The first-order chi connectivity index (χ1) is 9.22. The molecule has 3 heteroatoms. The molecule has 1 aliphatic rings. The minimum atomic E-state index is 0.818. The van der Waals surface area contributed by atoms with Crippen LogP contribution in [0.25, 0.3) is 0 Å². The summed E-state index contributed by atoms with van der Waals surface area (Å²) in [7, 11) is 1.74. The molecule has 0 aliphatic carbocycles. The molecule has 0 saturated carbocycles. The standard InChI is InChI=1S/C16H26N2O/c1-4-14(2)18-10-8-17(9-11-18)13-15-6-5-7-16(12-15)19-3/h5-7,12,14H,4,8-11,13H2,1-3H3/p+2/t14-/m1/s1. The van der Waals surface area contributed by atoms with Gasteiger partial charge in [-0.25, -0.2) is 0 Å². The molecular weight excluding hydrogens is 236 g/mol. The van der Waals surface area contributed by atoms with Crippen molar-refractivity contribution in [1.82, 2.24) is 0 Å². The third kappa shape index (κ3) is 3.95. The molecule has 1 aromatic rings. The van der Waals surface area contributed by atoms with Gasteiger partial charge in [0.25, 0.3) is 0 Å². The third-order valence-electron chi connectivity index (χ3n) is 4.50. The second-order valence-electron chi connectivity index (χ2n) is 5.75. The van der Waals surface area contributed by atoms with E-state index in [4.69, 9.17) is 4.74 Å². The van der Waals surface area contributed by atoms with Crippen molar-refractivity contribution in [3.05, 3.63) is 29.8 Å². The molecule has 1 aliphatic heterocycles. The number of quaternary nitrogens is 2. The fourth-order valence-electron chi connectivity index (χ4n) is 2.95.